The number of anilines is 2. The predicted molar refractivity (Wildman–Crippen MR) is 59.2 cm³/mol. The minimum atomic E-state index is 0.806. The average molecular weight is 224 g/mol. The van der Waals surface area contributed by atoms with E-state index in [9.17, 15) is 0 Å². The Morgan fingerprint density at radius 3 is 2.71 bits per heavy atom. The van der Waals surface area contributed by atoms with Crippen LogP contribution in [0.2, 0.25) is 0 Å². The third-order valence-corrected chi connectivity index (χ3v) is 3.33. The molecule has 0 spiro atoms. The summed E-state index contributed by atoms with van der Waals surface area (Å²) in [4.78, 5) is 3.93. The molecular weight excluding hydrogens is 216 g/mol. The van der Waals surface area contributed by atoms with Crippen molar-refractivity contribution < 1.29 is 0 Å². The van der Waals surface area contributed by atoms with Gasteiger partial charge in [0.15, 0.2) is 4.34 Å². The third-order valence-electron chi connectivity index (χ3n) is 1.51. The number of hydrogen-bond acceptors (Lipinski definition) is 6. The van der Waals surface area contributed by atoms with Crippen LogP contribution in [0.3, 0.4) is 0 Å². The number of nitrogens with one attached hydrogen (secondary N) is 1. The van der Waals surface area contributed by atoms with Crippen molar-refractivity contribution in [3.05, 3.63) is 24.5 Å². The highest BCUT2D eigenvalue weighted by atomic mass is 32.2. The smallest absolute Gasteiger partial charge is 0.210 e. The van der Waals surface area contributed by atoms with Crippen molar-refractivity contribution >= 4 is 33.9 Å². The van der Waals surface area contributed by atoms with Gasteiger partial charge in [-0.25, -0.2) is 0 Å². The molecule has 2 heterocycles. The van der Waals surface area contributed by atoms with Gasteiger partial charge in [0.25, 0.3) is 0 Å². The van der Waals surface area contributed by atoms with E-state index in [0.717, 1.165) is 15.2 Å². The highest BCUT2D eigenvalue weighted by Gasteiger charge is 2.01. The first-order chi connectivity index (χ1) is 6.88. The number of hydrogen-bond donors (Lipinski definition) is 1. The molecule has 0 bridgehead atoms. The van der Waals surface area contributed by atoms with Crippen LogP contribution in [-0.4, -0.2) is 21.4 Å². The lowest BCUT2D eigenvalue weighted by Crippen LogP contribution is -1.88. The van der Waals surface area contributed by atoms with Crippen LogP contribution in [0, 0.1) is 0 Å². The fraction of sp³-hybridized carbons (Fsp3) is 0.125. The summed E-state index contributed by atoms with van der Waals surface area (Å²) in [7, 11) is 0. The van der Waals surface area contributed by atoms with Crippen LogP contribution in [-0.2, 0) is 0 Å². The van der Waals surface area contributed by atoms with Gasteiger partial charge in [0.1, 0.15) is 0 Å². The topological polar surface area (TPSA) is 50.7 Å². The van der Waals surface area contributed by atoms with Gasteiger partial charge in [-0.3, -0.25) is 4.98 Å². The van der Waals surface area contributed by atoms with Crippen LogP contribution in [0.5, 0.6) is 0 Å². The van der Waals surface area contributed by atoms with E-state index in [1.54, 1.807) is 24.2 Å². The van der Waals surface area contributed by atoms with Gasteiger partial charge in [-0.05, 0) is 18.4 Å². The van der Waals surface area contributed by atoms with Crippen molar-refractivity contribution in [2.24, 2.45) is 0 Å². The number of aromatic nitrogens is 3. The Labute approximate surface area is 89.8 Å². The van der Waals surface area contributed by atoms with E-state index in [1.165, 1.54) is 11.3 Å². The lowest BCUT2D eigenvalue weighted by molar-refractivity contribution is 1.02. The molecule has 2 aromatic rings. The zero-order chi connectivity index (χ0) is 9.80. The van der Waals surface area contributed by atoms with E-state index < -0.39 is 0 Å². The zero-order valence-electron chi connectivity index (χ0n) is 7.47. The molecule has 0 unspecified atom stereocenters. The molecule has 4 nitrogen and oxygen atoms in total. The van der Waals surface area contributed by atoms with Gasteiger partial charge < -0.3 is 5.32 Å². The van der Waals surface area contributed by atoms with Crippen molar-refractivity contribution in [3.63, 3.8) is 0 Å². The van der Waals surface area contributed by atoms with Gasteiger partial charge in [-0.15, -0.1) is 10.2 Å². The van der Waals surface area contributed by atoms with Crippen molar-refractivity contribution in [1.82, 2.24) is 15.2 Å². The summed E-state index contributed by atoms with van der Waals surface area (Å²) >= 11 is 3.13. The van der Waals surface area contributed by atoms with Gasteiger partial charge in [-0.1, -0.05) is 23.1 Å². The Morgan fingerprint density at radius 1 is 1.29 bits per heavy atom. The summed E-state index contributed by atoms with van der Waals surface area (Å²) in [6.45, 7) is 0. The molecule has 0 saturated carbocycles. The second kappa shape index (κ2) is 4.39. The fourth-order valence-corrected chi connectivity index (χ4v) is 2.09. The Balaban J connectivity index is 2.11. The quantitative estimate of drug-likeness (QED) is 0.811. The van der Waals surface area contributed by atoms with E-state index in [-0.39, 0.29) is 0 Å². The molecule has 0 atom stereocenters. The molecule has 0 aromatic carbocycles. The van der Waals surface area contributed by atoms with Crippen molar-refractivity contribution in [3.8, 4) is 0 Å². The van der Waals surface area contributed by atoms with Crippen LogP contribution < -0.4 is 5.32 Å². The van der Waals surface area contributed by atoms with E-state index in [2.05, 4.69) is 20.5 Å². The first-order valence-corrected chi connectivity index (χ1v) is 5.97. The van der Waals surface area contributed by atoms with Crippen LogP contribution in [0.4, 0.5) is 10.8 Å². The monoisotopic (exact) mass is 224 g/mol. The number of thioether (sulfide) groups is 1. The molecule has 0 saturated heterocycles. The maximum absolute atomic E-state index is 4.00. The number of rotatable bonds is 3. The summed E-state index contributed by atoms with van der Waals surface area (Å²) in [5.41, 5.74) is 0.976. The molecule has 0 aliphatic heterocycles. The molecule has 14 heavy (non-hydrogen) atoms. The number of pyridine rings is 1. The van der Waals surface area contributed by atoms with Crippen molar-refractivity contribution in [1.29, 1.82) is 0 Å². The van der Waals surface area contributed by atoms with E-state index in [1.807, 2.05) is 18.4 Å². The molecule has 2 aromatic heterocycles. The summed E-state index contributed by atoms with van der Waals surface area (Å²) < 4.78 is 0.960. The van der Waals surface area contributed by atoms with Gasteiger partial charge in [0.05, 0.1) is 0 Å². The molecule has 0 amide bonds. The second-order valence-electron chi connectivity index (χ2n) is 2.44. The first kappa shape index (κ1) is 9.42. The molecule has 0 aliphatic carbocycles. The minimum Gasteiger partial charge on any atom is -0.330 e. The lowest BCUT2D eigenvalue weighted by atomic mass is 10.4. The zero-order valence-corrected chi connectivity index (χ0v) is 9.10. The van der Waals surface area contributed by atoms with Crippen molar-refractivity contribution in [2.75, 3.05) is 11.6 Å². The maximum Gasteiger partial charge on any atom is 0.210 e. The molecule has 72 valence electrons. The van der Waals surface area contributed by atoms with Crippen LogP contribution in [0.15, 0.2) is 28.9 Å². The fourth-order valence-electron chi connectivity index (χ4n) is 0.901. The Morgan fingerprint density at radius 2 is 2.07 bits per heavy atom. The van der Waals surface area contributed by atoms with Gasteiger partial charge in [0.2, 0.25) is 5.13 Å². The largest absolute Gasteiger partial charge is 0.330 e. The SMILES string of the molecule is CSc1nnc(Nc2ccncc2)s1. The molecule has 0 fully saturated rings. The second-order valence-corrected chi connectivity index (χ2v) is 4.47. The summed E-state index contributed by atoms with van der Waals surface area (Å²) in [5, 5.41) is 11.9. The maximum atomic E-state index is 4.00. The Bertz CT molecular complexity index is 401. The number of nitrogens with zero attached hydrogens (tertiary/aromatic N) is 3. The van der Waals surface area contributed by atoms with Crippen LogP contribution in [0.25, 0.3) is 0 Å². The normalized spacial score (nSPS) is 10.1. The van der Waals surface area contributed by atoms with Crippen LogP contribution in [0.1, 0.15) is 0 Å². The average Bonchev–Trinajstić information content (AvgIpc) is 2.67. The predicted octanol–water partition coefficient (Wildman–Crippen LogP) is 2.40. The van der Waals surface area contributed by atoms with E-state index in [4.69, 9.17) is 0 Å². The molecule has 6 heteroatoms. The summed E-state index contributed by atoms with van der Waals surface area (Å²) in [5.74, 6) is 0. The molecule has 0 aliphatic rings. The van der Waals surface area contributed by atoms with Crippen molar-refractivity contribution in [2.45, 2.75) is 4.34 Å². The Hall–Kier alpha value is -1.14. The Kier molecular flexibility index (Phi) is 2.95. The molecule has 0 radical (unpaired) electrons. The van der Waals surface area contributed by atoms with Gasteiger partial charge >= 0.3 is 0 Å². The summed E-state index contributed by atoms with van der Waals surface area (Å²) in [6, 6.07) is 3.78. The molecule has 2 rings (SSSR count). The first-order valence-electron chi connectivity index (χ1n) is 3.93. The molecular formula is C8H8N4S2. The molecule has 1 N–H and O–H groups in total. The van der Waals surface area contributed by atoms with Gasteiger partial charge in [0, 0.05) is 18.1 Å². The van der Waals surface area contributed by atoms with E-state index >= 15 is 0 Å². The third kappa shape index (κ3) is 2.21. The standard InChI is InChI=1S/C8H8N4S2/c1-13-8-12-11-7(14-8)10-6-2-4-9-5-3-6/h2-5H,1H3,(H,9,10,11). The lowest BCUT2D eigenvalue weighted by Gasteiger charge is -1.98. The van der Waals surface area contributed by atoms with Crippen LogP contribution >= 0.6 is 23.1 Å². The van der Waals surface area contributed by atoms with E-state index in [0.29, 0.717) is 0 Å². The highest BCUT2D eigenvalue weighted by molar-refractivity contribution is 8.00. The highest BCUT2D eigenvalue weighted by Crippen LogP contribution is 2.25. The minimum absolute atomic E-state index is 0.806. The summed E-state index contributed by atoms with van der Waals surface area (Å²) in [6.07, 6.45) is 5.45. The van der Waals surface area contributed by atoms with Gasteiger partial charge in [-0.2, -0.15) is 0 Å².